The number of urea groups is 1. The van der Waals surface area contributed by atoms with E-state index in [9.17, 15) is 9.59 Å². The molecule has 3 rings (SSSR count). The molecule has 3 amide bonds. The molecule has 6 nitrogen and oxygen atoms in total. The maximum absolute atomic E-state index is 12.6. The first-order valence-corrected chi connectivity index (χ1v) is 8.04. The van der Waals surface area contributed by atoms with Crippen molar-refractivity contribution in [2.45, 2.75) is 6.92 Å². The second-order valence-electron chi connectivity index (χ2n) is 5.72. The predicted octanol–water partition coefficient (Wildman–Crippen LogP) is 3.80. The first-order valence-electron chi connectivity index (χ1n) is 8.04. The van der Waals surface area contributed by atoms with Crippen LogP contribution in [0.4, 0.5) is 16.2 Å². The molecule has 26 heavy (non-hydrogen) atoms. The number of carbonyl (C=O) groups is 2. The van der Waals surface area contributed by atoms with E-state index < -0.39 is 6.03 Å². The number of hydrogen-bond acceptors (Lipinski definition) is 3. The fourth-order valence-corrected chi connectivity index (χ4v) is 2.59. The summed E-state index contributed by atoms with van der Waals surface area (Å²) in [5.74, 6) is -0.272. The zero-order valence-electron chi connectivity index (χ0n) is 14.2. The van der Waals surface area contributed by atoms with Gasteiger partial charge in [-0.15, -0.1) is 0 Å². The average molecular weight is 346 g/mol. The number of amides is 3. The van der Waals surface area contributed by atoms with Crippen LogP contribution in [-0.2, 0) is 0 Å². The van der Waals surface area contributed by atoms with Crippen LogP contribution in [0, 0.1) is 6.92 Å². The van der Waals surface area contributed by atoms with E-state index in [1.807, 2.05) is 36.4 Å². The highest BCUT2D eigenvalue weighted by atomic mass is 16.2. The number of benzene rings is 2. The first kappa shape index (κ1) is 17.2. The minimum absolute atomic E-state index is 0.272. The van der Waals surface area contributed by atoms with Crippen LogP contribution < -0.4 is 16.4 Å². The van der Waals surface area contributed by atoms with E-state index in [1.165, 1.54) is 0 Å². The third-order valence-corrected chi connectivity index (χ3v) is 3.79. The van der Waals surface area contributed by atoms with Gasteiger partial charge in [0, 0.05) is 16.9 Å². The van der Waals surface area contributed by atoms with Gasteiger partial charge in [-0.1, -0.05) is 36.4 Å². The molecule has 0 radical (unpaired) electrons. The normalized spacial score (nSPS) is 10.2. The third kappa shape index (κ3) is 4.05. The molecular formula is C20H18N4O2. The summed E-state index contributed by atoms with van der Waals surface area (Å²) in [6.07, 6.45) is 0. The number of pyridine rings is 1. The third-order valence-electron chi connectivity index (χ3n) is 3.79. The van der Waals surface area contributed by atoms with E-state index in [0.29, 0.717) is 22.6 Å². The molecule has 130 valence electrons. The summed E-state index contributed by atoms with van der Waals surface area (Å²) in [4.78, 5) is 28.0. The van der Waals surface area contributed by atoms with Gasteiger partial charge >= 0.3 is 6.03 Å². The molecule has 1 aromatic heterocycles. The quantitative estimate of drug-likeness (QED) is 0.670. The number of hydrogen-bond donors (Lipinski definition) is 3. The maximum atomic E-state index is 12.6. The number of anilines is 2. The van der Waals surface area contributed by atoms with E-state index in [1.54, 1.807) is 37.3 Å². The van der Waals surface area contributed by atoms with Crippen molar-refractivity contribution in [1.82, 2.24) is 4.98 Å². The molecule has 0 atom stereocenters. The van der Waals surface area contributed by atoms with Crippen molar-refractivity contribution >= 4 is 23.3 Å². The van der Waals surface area contributed by atoms with Gasteiger partial charge in [0.05, 0.1) is 17.0 Å². The van der Waals surface area contributed by atoms with Gasteiger partial charge in [0.15, 0.2) is 0 Å². The highest BCUT2D eigenvalue weighted by Gasteiger charge is 2.12. The minimum Gasteiger partial charge on any atom is -0.351 e. The molecule has 0 spiro atoms. The van der Waals surface area contributed by atoms with E-state index in [2.05, 4.69) is 15.6 Å². The molecule has 0 bridgehead atoms. The summed E-state index contributed by atoms with van der Waals surface area (Å²) in [7, 11) is 0. The van der Waals surface area contributed by atoms with E-state index >= 15 is 0 Å². The van der Waals surface area contributed by atoms with Gasteiger partial charge in [-0.3, -0.25) is 9.78 Å². The SMILES string of the molecule is Cc1nc(-c2ccccc2)ccc1C(=O)Nc1cccc(NC(N)=O)c1. The number of aryl methyl sites for hydroxylation is 1. The van der Waals surface area contributed by atoms with Crippen molar-refractivity contribution in [2.24, 2.45) is 5.73 Å². The van der Waals surface area contributed by atoms with Crippen LogP contribution in [-0.4, -0.2) is 16.9 Å². The van der Waals surface area contributed by atoms with Gasteiger partial charge in [0.1, 0.15) is 0 Å². The van der Waals surface area contributed by atoms with E-state index in [-0.39, 0.29) is 5.91 Å². The lowest BCUT2D eigenvalue weighted by Crippen LogP contribution is -2.19. The molecule has 0 aliphatic carbocycles. The Morgan fingerprint density at radius 1 is 0.885 bits per heavy atom. The van der Waals surface area contributed by atoms with Gasteiger partial charge in [0.2, 0.25) is 0 Å². The number of nitrogens with one attached hydrogen (secondary N) is 2. The van der Waals surface area contributed by atoms with Crippen molar-refractivity contribution in [2.75, 3.05) is 10.6 Å². The summed E-state index contributed by atoms with van der Waals surface area (Å²) in [6.45, 7) is 1.80. The maximum Gasteiger partial charge on any atom is 0.316 e. The minimum atomic E-state index is -0.662. The van der Waals surface area contributed by atoms with Crippen molar-refractivity contribution in [3.05, 3.63) is 78.0 Å². The second-order valence-corrected chi connectivity index (χ2v) is 5.72. The van der Waals surface area contributed by atoms with Gasteiger partial charge in [-0.25, -0.2) is 4.79 Å². The van der Waals surface area contributed by atoms with Crippen molar-refractivity contribution in [3.63, 3.8) is 0 Å². The van der Waals surface area contributed by atoms with Gasteiger partial charge in [0.25, 0.3) is 5.91 Å². The van der Waals surface area contributed by atoms with Crippen LogP contribution in [0.15, 0.2) is 66.7 Å². The number of carbonyl (C=O) groups excluding carboxylic acids is 2. The van der Waals surface area contributed by atoms with Crippen LogP contribution in [0.5, 0.6) is 0 Å². The van der Waals surface area contributed by atoms with Crippen molar-refractivity contribution in [1.29, 1.82) is 0 Å². The van der Waals surface area contributed by atoms with Crippen LogP contribution in [0.1, 0.15) is 16.1 Å². The molecule has 0 unspecified atom stereocenters. The lowest BCUT2D eigenvalue weighted by Gasteiger charge is -2.10. The van der Waals surface area contributed by atoms with Crippen LogP contribution in [0.2, 0.25) is 0 Å². The van der Waals surface area contributed by atoms with Crippen LogP contribution >= 0.6 is 0 Å². The Morgan fingerprint density at radius 2 is 1.58 bits per heavy atom. The molecule has 4 N–H and O–H groups in total. The largest absolute Gasteiger partial charge is 0.351 e. The molecule has 3 aromatic rings. The number of aromatic nitrogens is 1. The molecular weight excluding hydrogens is 328 g/mol. The molecule has 2 aromatic carbocycles. The highest BCUT2D eigenvalue weighted by molar-refractivity contribution is 6.05. The summed E-state index contributed by atoms with van der Waals surface area (Å²) >= 11 is 0. The Kier molecular flexibility index (Phi) is 4.94. The summed E-state index contributed by atoms with van der Waals surface area (Å²) < 4.78 is 0. The molecule has 1 heterocycles. The molecule has 6 heteroatoms. The fraction of sp³-hybridized carbons (Fsp3) is 0.0500. The average Bonchev–Trinajstić information content (AvgIpc) is 2.62. The van der Waals surface area contributed by atoms with Gasteiger partial charge in [-0.05, 0) is 37.3 Å². The van der Waals surface area contributed by atoms with Gasteiger partial charge < -0.3 is 16.4 Å². The van der Waals surface area contributed by atoms with Crippen molar-refractivity contribution < 1.29 is 9.59 Å². The number of nitrogens with zero attached hydrogens (tertiary/aromatic N) is 1. The molecule has 0 aliphatic rings. The highest BCUT2D eigenvalue weighted by Crippen LogP contribution is 2.20. The first-order chi connectivity index (χ1) is 12.5. The Bertz CT molecular complexity index is 955. The number of nitrogens with two attached hydrogens (primary N) is 1. The zero-order valence-corrected chi connectivity index (χ0v) is 14.2. The van der Waals surface area contributed by atoms with E-state index in [4.69, 9.17) is 5.73 Å². The zero-order chi connectivity index (χ0) is 18.5. The fourth-order valence-electron chi connectivity index (χ4n) is 2.59. The molecule has 0 saturated carbocycles. The van der Waals surface area contributed by atoms with E-state index in [0.717, 1.165) is 11.3 Å². The van der Waals surface area contributed by atoms with Crippen LogP contribution in [0.25, 0.3) is 11.3 Å². The molecule has 0 saturated heterocycles. The van der Waals surface area contributed by atoms with Gasteiger partial charge in [-0.2, -0.15) is 0 Å². The summed E-state index contributed by atoms with van der Waals surface area (Å²) in [6, 6.07) is 19.4. The van der Waals surface area contributed by atoms with Crippen LogP contribution in [0.3, 0.4) is 0 Å². The molecule has 0 aliphatic heterocycles. The lowest BCUT2D eigenvalue weighted by atomic mass is 10.1. The molecule has 0 fully saturated rings. The predicted molar refractivity (Wildman–Crippen MR) is 102 cm³/mol. The number of rotatable bonds is 4. The topological polar surface area (TPSA) is 97.1 Å². The Morgan fingerprint density at radius 3 is 2.23 bits per heavy atom. The summed E-state index contributed by atoms with van der Waals surface area (Å²) in [5.41, 5.74) is 9.08. The smallest absolute Gasteiger partial charge is 0.316 e. The summed E-state index contributed by atoms with van der Waals surface area (Å²) in [5, 5.41) is 5.27. The Labute approximate surface area is 151 Å². The second kappa shape index (κ2) is 7.48. The standard InChI is InChI=1S/C20H18N4O2/c1-13-17(10-11-18(22-13)14-6-3-2-4-7-14)19(25)23-15-8-5-9-16(12-15)24-20(21)26/h2-12H,1H3,(H,23,25)(H3,21,24,26). The Hall–Kier alpha value is -3.67. The lowest BCUT2D eigenvalue weighted by molar-refractivity contribution is 0.102. The number of primary amides is 1. The monoisotopic (exact) mass is 346 g/mol. The van der Waals surface area contributed by atoms with Crippen molar-refractivity contribution in [3.8, 4) is 11.3 Å². The Balaban J connectivity index is 1.79.